The summed E-state index contributed by atoms with van der Waals surface area (Å²) in [6.45, 7) is 0. The van der Waals surface area contributed by atoms with Gasteiger partial charge < -0.3 is 5.32 Å². The van der Waals surface area contributed by atoms with Gasteiger partial charge in [-0.2, -0.15) is 5.26 Å². The van der Waals surface area contributed by atoms with Crippen LogP contribution in [0.4, 0.5) is 5.69 Å². The molecule has 0 unspecified atom stereocenters. The van der Waals surface area contributed by atoms with E-state index in [1.54, 1.807) is 6.07 Å². The Morgan fingerprint density at radius 2 is 2.17 bits per heavy atom. The fourth-order valence-electron chi connectivity index (χ4n) is 1.27. The number of anilines is 1. The standard InChI is InChI=1S/C12H7ClN4O/c13-11-5-9(3-4-15-11)17-12(18)10-2-1-8(6-14)7-16-10/h1-5,7H,(H,15,17,18). The molecule has 1 amide bonds. The Morgan fingerprint density at radius 3 is 2.78 bits per heavy atom. The summed E-state index contributed by atoms with van der Waals surface area (Å²) in [6, 6.07) is 8.09. The molecule has 6 heteroatoms. The zero-order valence-electron chi connectivity index (χ0n) is 9.09. The van der Waals surface area contributed by atoms with Gasteiger partial charge in [-0.05, 0) is 24.3 Å². The van der Waals surface area contributed by atoms with E-state index in [-0.39, 0.29) is 11.6 Å². The third kappa shape index (κ3) is 2.81. The van der Waals surface area contributed by atoms with Crippen molar-refractivity contribution in [3.8, 4) is 6.07 Å². The summed E-state index contributed by atoms with van der Waals surface area (Å²) in [5.41, 5.74) is 1.16. The number of carbonyl (C=O) groups excluding carboxylic acids is 1. The predicted molar refractivity (Wildman–Crippen MR) is 66.2 cm³/mol. The third-order valence-electron chi connectivity index (χ3n) is 2.11. The summed E-state index contributed by atoms with van der Waals surface area (Å²) >= 11 is 5.70. The average Bonchev–Trinajstić information content (AvgIpc) is 2.39. The molecule has 0 aromatic carbocycles. The highest BCUT2D eigenvalue weighted by molar-refractivity contribution is 6.29. The first kappa shape index (κ1) is 12.0. The fraction of sp³-hybridized carbons (Fsp3) is 0. The Hall–Kier alpha value is -2.45. The molecule has 0 saturated carbocycles. The number of nitriles is 1. The average molecular weight is 259 g/mol. The summed E-state index contributed by atoms with van der Waals surface area (Å²) in [6.07, 6.45) is 2.83. The van der Waals surface area contributed by atoms with Crippen LogP contribution in [0, 0.1) is 11.3 Å². The molecular formula is C12H7ClN4O. The van der Waals surface area contributed by atoms with Gasteiger partial charge in [0.05, 0.1) is 5.56 Å². The van der Waals surface area contributed by atoms with Gasteiger partial charge in [-0.15, -0.1) is 0 Å². The van der Waals surface area contributed by atoms with Crippen LogP contribution in [0.5, 0.6) is 0 Å². The van der Waals surface area contributed by atoms with E-state index in [0.29, 0.717) is 16.4 Å². The van der Waals surface area contributed by atoms with Crippen LogP contribution in [0.2, 0.25) is 5.15 Å². The second-order valence-corrected chi connectivity index (χ2v) is 3.75. The van der Waals surface area contributed by atoms with Gasteiger partial charge in [0.2, 0.25) is 0 Å². The van der Waals surface area contributed by atoms with Crippen molar-refractivity contribution in [1.82, 2.24) is 9.97 Å². The lowest BCUT2D eigenvalue weighted by molar-refractivity contribution is 0.102. The van der Waals surface area contributed by atoms with Crippen LogP contribution < -0.4 is 5.32 Å². The summed E-state index contributed by atoms with van der Waals surface area (Å²) in [7, 11) is 0. The molecule has 2 aromatic rings. The molecule has 1 N–H and O–H groups in total. The fourth-order valence-corrected chi connectivity index (χ4v) is 1.44. The number of aromatic nitrogens is 2. The number of halogens is 1. The molecule has 0 bridgehead atoms. The lowest BCUT2D eigenvalue weighted by Gasteiger charge is -2.04. The number of carbonyl (C=O) groups is 1. The van der Waals surface area contributed by atoms with Crippen molar-refractivity contribution in [2.75, 3.05) is 5.32 Å². The quantitative estimate of drug-likeness (QED) is 0.838. The molecule has 0 spiro atoms. The maximum atomic E-state index is 11.8. The zero-order valence-corrected chi connectivity index (χ0v) is 9.85. The Balaban J connectivity index is 2.14. The molecule has 88 valence electrons. The maximum Gasteiger partial charge on any atom is 0.274 e. The largest absolute Gasteiger partial charge is 0.320 e. The van der Waals surface area contributed by atoms with Gasteiger partial charge >= 0.3 is 0 Å². The summed E-state index contributed by atoms with van der Waals surface area (Å²) in [4.78, 5) is 19.5. The van der Waals surface area contributed by atoms with Crippen molar-refractivity contribution >= 4 is 23.2 Å². The van der Waals surface area contributed by atoms with Crippen molar-refractivity contribution in [2.45, 2.75) is 0 Å². The highest BCUT2D eigenvalue weighted by Gasteiger charge is 2.07. The molecular weight excluding hydrogens is 252 g/mol. The van der Waals surface area contributed by atoms with Gasteiger partial charge in [0.1, 0.15) is 16.9 Å². The molecule has 0 atom stereocenters. The molecule has 2 rings (SSSR count). The minimum atomic E-state index is -0.373. The van der Waals surface area contributed by atoms with Crippen LogP contribution in [0.25, 0.3) is 0 Å². The molecule has 2 aromatic heterocycles. The number of nitrogens with zero attached hydrogens (tertiary/aromatic N) is 3. The van der Waals surface area contributed by atoms with E-state index in [9.17, 15) is 4.79 Å². The first-order valence-corrected chi connectivity index (χ1v) is 5.36. The van der Waals surface area contributed by atoms with Gasteiger partial charge in [0.15, 0.2) is 0 Å². The number of hydrogen-bond donors (Lipinski definition) is 1. The van der Waals surface area contributed by atoms with Crippen LogP contribution in [0.1, 0.15) is 16.1 Å². The normalized spacial score (nSPS) is 9.56. The summed E-state index contributed by atoms with van der Waals surface area (Å²) < 4.78 is 0. The van der Waals surface area contributed by atoms with E-state index in [1.165, 1.54) is 30.6 Å². The monoisotopic (exact) mass is 258 g/mol. The maximum absolute atomic E-state index is 11.8. The van der Waals surface area contributed by atoms with E-state index in [0.717, 1.165) is 0 Å². The minimum absolute atomic E-state index is 0.224. The predicted octanol–water partition coefficient (Wildman–Crippen LogP) is 2.25. The lowest BCUT2D eigenvalue weighted by atomic mass is 10.2. The van der Waals surface area contributed by atoms with E-state index < -0.39 is 0 Å². The second kappa shape index (κ2) is 5.25. The Kier molecular flexibility index (Phi) is 3.51. The van der Waals surface area contributed by atoms with Crippen molar-refractivity contribution in [3.63, 3.8) is 0 Å². The number of nitrogens with one attached hydrogen (secondary N) is 1. The van der Waals surface area contributed by atoms with E-state index in [1.807, 2.05) is 6.07 Å². The Bertz CT molecular complexity index is 619. The van der Waals surface area contributed by atoms with Crippen LogP contribution >= 0.6 is 11.6 Å². The van der Waals surface area contributed by atoms with Crippen molar-refractivity contribution in [2.24, 2.45) is 0 Å². The molecule has 5 nitrogen and oxygen atoms in total. The highest BCUT2D eigenvalue weighted by Crippen LogP contribution is 2.12. The molecule has 0 aliphatic rings. The molecule has 2 heterocycles. The van der Waals surface area contributed by atoms with Gasteiger partial charge in [-0.3, -0.25) is 4.79 Å². The summed E-state index contributed by atoms with van der Waals surface area (Å²) in [5.74, 6) is -0.373. The minimum Gasteiger partial charge on any atom is -0.320 e. The third-order valence-corrected chi connectivity index (χ3v) is 2.32. The number of rotatable bonds is 2. The van der Waals surface area contributed by atoms with Crippen LogP contribution in [0.15, 0.2) is 36.7 Å². The van der Waals surface area contributed by atoms with E-state index in [2.05, 4.69) is 15.3 Å². The Labute approximate surface area is 108 Å². The van der Waals surface area contributed by atoms with Gasteiger partial charge in [-0.25, -0.2) is 9.97 Å². The van der Waals surface area contributed by atoms with E-state index >= 15 is 0 Å². The van der Waals surface area contributed by atoms with Gasteiger partial charge in [0, 0.05) is 18.1 Å². The smallest absolute Gasteiger partial charge is 0.274 e. The number of hydrogen-bond acceptors (Lipinski definition) is 4. The van der Waals surface area contributed by atoms with Crippen LogP contribution in [0.3, 0.4) is 0 Å². The topological polar surface area (TPSA) is 78.7 Å². The first-order valence-electron chi connectivity index (χ1n) is 4.98. The van der Waals surface area contributed by atoms with Crippen molar-refractivity contribution < 1.29 is 4.79 Å². The SMILES string of the molecule is N#Cc1ccc(C(=O)Nc2ccnc(Cl)c2)nc1. The molecule has 0 aliphatic carbocycles. The lowest BCUT2D eigenvalue weighted by Crippen LogP contribution is -2.13. The molecule has 0 aliphatic heterocycles. The van der Waals surface area contributed by atoms with Crippen molar-refractivity contribution in [3.05, 3.63) is 53.1 Å². The molecule has 0 saturated heterocycles. The summed E-state index contributed by atoms with van der Waals surface area (Å²) in [5, 5.41) is 11.5. The van der Waals surface area contributed by atoms with E-state index in [4.69, 9.17) is 16.9 Å². The first-order chi connectivity index (χ1) is 8.69. The molecule has 0 fully saturated rings. The van der Waals surface area contributed by atoms with Crippen LogP contribution in [-0.2, 0) is 0 Å². The van der Waals surface area contributed by atoms with Gasteiger partial charge in [-0.1, -0.05) is 11.6 Å². The second-order valence-electron chi connectivity index (χ2n) is 3.37. The zero-order chi connectivity index (χ0) is 13.0. The Morgan fingerprint density at radius 1 is 1.33 bits per heavy atom. The highest BCUT2D eigenvalue weighted by atomic mass is 35.5. The van der Waals surface area contributed by atoms with Crippen LogP contribution in [-0.4, -0.2) is 15.9 Å². The number of amides is 1. The van der Waals surface area contributed by atoms with Gasteiger partial charge in [0.25, 0.3) is 5.91 Å². The number of pyridine rings is 2. The van der Waals surface area contributed by atoms with Crippen molar-refractivity contribution in [1.29, 1.82) is 5.26 Å². The molecule has 18 heavy (non-hydrogen) atoms. The molecule has 0 radical (unpaired) electrons.